The number of aryl methyl sites for hydroxylation is 1. The summed E-state index contributed by atoms with van der Waals surface area (Å²) < 4.78 is 6.37. The third-order valence-electron chi connectivity index (χ3n) is 5.93. The Hall–Kier alpha value is -3.28. The lowest BCUT2D eigenvalue weighted by Crippen LogP contribution is -2.31. The molecule has 6 nitrogen and oxygen atoms in total. The van der Waals surface area contributed by atoms with Gasteiger partial charge in [-0.3, -0.25) is 4.79 Å². The minimum atomic E-state index is -0.961. The predicted octanol–water partition coefficient (Wildman–Crippen LogP) is 4.75. The van der Waals surface area contributed by atoms with Crippen molar-refractivity contribution < 1.29 is 14.3 Å². The lowest BCUT2D eigenvalue weighted by atomic mass is 10.0. The van der Waals surface area contributed by atoms with Gasteiger partial charge in [0.15, 0.2) is 5.43 Å². The van der Waals surface area contributed by atoms with Crippen LogP contribution in [0.25, 0.3) is 11.0 Å². The van der Waals surface area contributed by atoms with E-state index in [4.69, 9.17) is 4.42 Å². The van der Waals surface area contributed by atoms with E-state index in [2.05, 4.69) is 10.2 Å². The number of nitrogens with zero attached hydrogens (tertiary/aromatic N) is 1. The van der Waals surface area contributed by atoms with E-state index in [9.17, 15) is 14.7 Å². The van der Waals surface area contributed by atoms with Crippen LogP contribution in [0.5, 0.6) is 0 Å². The fourth-order valence-corrected chi connectivity index (χ4v) is 4.35. The van der Waals surface area contributed by atoms with Gasteiger partial charge >= 0.3 is 5.97 Å². The van der Waals surface area contributed by atoms with E-state index in [1.165, 1.54) is 6.42 Å². The first-order valence-electron chi connectivity index (χ1n) is 10.8. The second-order valence-corrected chi connectivity index (χ2v) is 8.24. The quantitative estimate of drug-likeness (QED) is 0.599. The number of carbonyl (C=O) groups is 1. The van der Waals surface area contributed by atoms with E-state index in [0.717, 1.165) is 37.1 Å². The summed E-state index contributed by atoms with van der Waals surface area (Å²) in [6.45, 7) is 6.17. The standard InChI is InChI=1S/C25H28N2O4/c1-16-14-18(10-11-26-21-9-5-4-8-19(21)25(29)30)23-20(15-16)22(28)17(2)24(31-23)27-12-6-3-7-13-27/h4-5,8-9,14-15,26H,3,6-7,10-13H2,1-2H3,(H,29,30). The number of benzene rings is 2. The van der Waals surface area contributed by atoms with Crippen LogP contribution in [0.4, 0.5) is 11.6 Å². The zero-order valence-electron chi connectivity index (χ0n) is 18.0. The minimum Gasteiger partial charge on any atom is -0.478 e. The van der Waals surface area contributed by atoms with Crippen molar-refractivity contribution in [3.8, 4) is 0 Å². The molecule has 0 atom stereocenters. The molecule has 31 heavy (non-hydrogen) atoms. The fraction of sp³-hybridized carbons (Fsp3) is 0.360. The Balaban J connectivity index is 1.66. The number of nitrogens with one attached hydrogen (secondary N) is 1. The molecule has 162 valence electrons. The van der Waals surface area contributed by atoms with Crippen LogP contribution in [-0.2, 0) is 6.42 Å². The van der Waals surface area contributed by atoms with Crippen LogP contribution in [0.15, 0.2) is 45.6 Å². The number of carboxylic acids is 1. The maximum atomic E-state index is 13.1. The number of fused-ring (bicyclic) bond motifs is 1. The van der Waals surface area contributed by atoms with Crippen LogP contribution in [0.3, 0.4) is 0 Å². The first-order chi connectivity index (χ1) is 15.0. The Bertz CT molecular complexity index is 1180. The Morgan fingerprint density at radius 3 is 2.61 bits per heavy atom. The zero-order valence-corrected chi connectivity index (χ0v) is 18.0. The molecule has 6 heteroatoms. The number of aromatic carboxylic acids is 1. The van der Waals surface area contributed by atoms with Gasteiger partial charge < -0.3 is 19.7 Å². The third-order valence-corrected chi connectivity index (χ3v) is 5.93. The highest BCUT2D eigenvalue weighted by Crippen LogP contribution is 2.29. The van der Waals surface area contributed by atoms with Gasteiger partial charge in [0.25, 0.3) is 0 Å². The normalized spacial score (nSPS) is 14.1. The molecule has 0 radical (unpaired) electrons. The molecule has 2 aromatic carbocycles. The maximum Gasteiger partial charge on any atom is 0.337 e. The van der Waals surface area contributed by atoms with E-state index in [1.807, 2.05) is 32.0 Å². The molecule has 0 aliphatic carbocycles. The summed E-state index contributed by atoms with van der Waals surface area (Å²) in [6, 6.07) is 10.8. The Labute approximate surface area is 181 Å². The van der Waals surface area contributed by atoms with Crippen LogP contribution >= 0.6 is 0 Å². The summed E-state index contributed by atoms with van der Waals surface area (Å²) in [4.78, 5) is 26.8. The van der Waals surface area contributed by atoms with Gasteiger partial charge in [-0.05, 0) is 68.9 Å². The van der Waals surface area contributed by atoms with Crippen molar-refractivity contribution in [3.63, 3.8) is 0 Å². The summed E-state index contributed by atoms with van der Waals surface area (Å²) >= 11 is 0. The van der Waals surface area contributed by atoms with Gasteiger partial charge in [0.2, 0.25) is 5.88 Å². The highest BCUT2D eigenvalue weighted by atomic mass is 16.4. The van der Waals surface area contributed by atoms with Crippen LogP contribution in [0.2, 0.25) is 0 Å². The van der Waals surface area contributed by atoms with E-state index >= 15 is 0 Å². The van der Waals surface area contributed by atoms with Crippen molar-refractivity contribution in [2.45, 2.75) is 39.5 Å². The van der Waals surface area contributed by atoms with Crippen LogP contribution in [0.1, 0.15) is 46.3 Å². The SMILES string of the molecule is Cc1cc(CCNc2ccccc2C(=O)O)c2oc(N3CCCCC3)c(C)c(=O)c2c1. The van der Waals surface area contributed by atoms with Crippen molar-refractivity contribution in [3.05, 3.63) is 68.9 Å². The first-order valence-corrected chi connectivity index (χ1v) is 10.8. The molecule has 1 saturated heterocycles. The topological polar surface area (TPSA) is 82.8 Å². The van der Waals surface area contributed by atoms with Gasteiger partial charge in [-0.2, -0.15) is 0 Å². The highest BCUT2D eigenvalue weighted by molar-refractivity contribution is 5.94. The number of hydrogen-bond donors (Lipinski definition) is 2. The summed E-state index contributed by atoms with van der Waals surface area (Å²) in [5.74, 6) is -0.275. The number of hydrogen-bond acceptors (Lipinski definition) is 5. The van der Waals surface area contributed by atoms with E-state index in [1.54, 1.807) is 18.2 Å². The molecule has 0 spiro atoms. The van der Waals surface area contributed by atoms with Crippen molar-refractivity contribution >= 4 is 28.5 Å². The summed E-state index contributed by atoms with van der Waals surface area (Å²) in [6.07, 6.45) is 4.03. The zero-order chi connectivity index (χ0) is 22.0. The van der Waals surface area contributed by atoms with E-state index < -0.39 is 5.97 Å². The van der Waals surface area contributed by atoms with Crippen LogP contribution in [-0.4, -0.2) is 30.7 Å². The summed E-state index contributed by atoms with van der Waals surface area (Å²) in [5.41, 5.74) is 4.10. The van der Waals surface area contributed by atoms with Gasteiger partial charge in [0, 0.05) is 25.3 Å². The van der Waals surface area contributed by atoms with Gasteiger partial charge in [0.1, 0.15) is 5.58 Å². The molecule has 0 bridgehead atoms. The second kappa shape index (κ2) is 8.84. The van der Waals surface area contributed by atoms with Crippen LogP contribution in [0, 0.1) is 13.8 Å². The average Bonchev–Trinajstić information content (AvgIpc) is 2.77. The molecule has 3 aromatic rings. The molecule has 1 aliphatic rings. The number of anilines is 2. The van der Waals surface area contributed by atoms with Crippen molar-refractivity contribution in [2.75, 3.05) is 29.9 Å². The molecule has 0 amide bonds. The number of carboxylic acid groups (broad SMARTS) is 1. The predicted molar refractivity (Wildman–Crippen MR) is 124 cm³/mol. The number of piperidine rings is 1. The first kappa shape index (κ1) is 21.0. The molecule has 2 heterocycles. The summed E-state index contributed by atoms with van der Waals surface area (Å²) in [7, 11) is 0. The largest absolute Gasteiger partial charge is 0.478 e. The van der Waals surface area contributed by atoms with Gasteiger partial charge in [-0.15, -0.1) is 0 Å². The molecular formula is C25H28N2O4. The molecule has 1 aliphatic heterocycles. The number of para-hydroxylation sites is 1. The molecular weight excluding hydrogens is 392 g/mol. The van der Waals surface area contributed by atoms with Gasteiger partial charge in [-0.25, -0.2) is 4.79 Å². The Morgan fingerprint density at radius 1 is 1.13 bits per heavy atom. The monoisotopic (exact) mass is 420 g/mol. The lowest BCUT2D eigenvalue weighted by molar-refractivity contribution is 0.0698. The average molecular weight is 421 g/mol. The smallest absolute Gasteiger partial charge is 0.337 e. The minimum absolute atomic E-state index is 0.0240. The Morgan fingerprint density at radius 2 is 1.87 bits per heavy atom. The van der Waals surface area contributed by atoms with Crippen molar-refractivity contribution in [1.82, 2.24) is 0 Å². The lowest BCUT2D eigenvalue weighted by Gasteiger charge is -2.28. The Kier molecular flexibility index (Phi) is 5.98. The number of rotatable bonds is 6. The second-order valence-electron chi connectivity index (χ2n) is 8.24. The van der Waals surface area contributed by atoms with E-state index in [-0.39, 0.29) is 11.0 Å². The fourth-order valence-electron chi connectivity index (χ4n) is 4.35. The highest BCUT2D eigenvalue weighted by Gasteiger charge is 2.20. The van der Waals surface area contributed by atoms with Gasteiger partial charge in [0.05, 0.1) is 16.5 Å². The van der Waals surface area contributed by atoms with Gasteiger partial charge in [-0.1, -0.05) is 18.2 Å². The molecule has 0 saturated carbocycles. The maximum absolute atomic E-state index is 13.1. The molecule has 4 rings (SSSR count). The molecule has 1 aromatic heterocycles. The molecule has 0 unspecified atom stereocenters. The molecule has 1 fully saturated rings. The van der Waals surface area contributed by atoms with Crippen LogP contribution < -0.4 is 15.6 Å². The van der Waals surface area contributed by atoms with E-state index in [0.29, 0.717) is 41.1 Å². The van der Waals surface area contributed by atoms with Crippen molar-refractivity contribution in [1.29, 1.82) is 0 Å². The van der Waals surface area contributed by atoms with Crippen molar-refractivity contribution in [2.24, 2.45) is 0 Å². The third kappa shape index (κ3) is 4.29. The molecule has 2 N–H and O–H groups in total. The summed E-state index contributed by atoms with van der Waals surface area (Å²) in [5, 5.41) is 13.2.